The molecule has 0 spiro atoms. The molecule has 1 aliphatic heterocycles. The van der Waals surface area contributed by atoms with Gasteiger partial charge in [-0.25, -0.2) is 4.79 Å². The van der Waals surface area contributed by atoms with Crippen molar-refractivity contribution in [3.8, 4) is 0 Å². The smallest absolute Gasteiger partial charge is 0.408 e. The molecule has 2 aromatic rings. The Kier molecular flexibility index (Phi) is 3.16. The van der Waals surface area contributed by atoms with Crippen molar-refractivity contribution in [2.24, 2.45) is 5.92 Å². The van der Waals surface area contributed by atoms with E-state index >= 15 is 0 Å². The van der Waals surface area contributed by atoms with Crippen molar-refractivity contribution in [2.75, 3.05) is 6.61 Å². The van der Waals surface area contributed by atoms with Gasteiger partial charge in [-0.2, -0.15) is 0 Å². The highest BCUT2D eigenvalue weighted by Crippen LogP contribution is 2.35. The van der Waals surface area contributed by atoms with Crippen LogP contribution in [0.3, 0.4) is 0 Å². The minimum Gasteiger partial charge on any atom is -0.408 e. The number of oxazole rings is 1. The third kappa shape index (κ3) is 2.19. The number of nitrogens with one attached hydrogen (secondary N) is 1. The Morgan fingerprint density at radius 3 is 3.16 bits per heavy atom. The Hall–Kier alpha value is -1.59. The van der Waals surface area contributed by atoms with E-state index in [-0.39, 0.29) is 12.0 Å². The van der Waals surface area contributed by atoms with E-state index in [9.17, 15) is 9.90 Å². The second-order valence-electron chi connectivity index (χ2n) is 4.98. The van der Waals surface area contributed by atoms with E-state index in [2.05, 4.69) is 11.9 Å². The van der Waals surface area contributed by atoms with Gasteiger partial charge in [0.25, 0.3) is 0 Å². The molecule has 0 aliphatic carbocycles. The van der Waals surface area contributed by atoms with Gasteiger partial charge in [-0.05, 0) is 30.5 Å². The normalized spacial score (nSPS) is 24.9. The standard InChI is InChI=1S/C14H17NO4/c1-2-11-9(5-6-18-11)13(16)8-3-4-10-12(7-8)19-14(17)15-10/h3-4,7,9,11,13,16H,2,5-6H2,1H3,(H,15,17). The number of fused-ring (bicyclic) bond motifs is 1. The van der Waals surface area contributed by atoms with Crippen molar-refractivity contribution < 1.29 is 14.3 Å². The summed E-state index contributed by atoms with van der Waals surface area (Å²) in [5, 5.41) is 10.5. The monoisotopic (exact) mass is 263 g/mol. The van der Waals surface area contributed by atoms with Gasteiger partial charge in [-0.3, -0.25) is 4.98 Å². The van der Waals surface area contributed by atoms with Gasteiger partial charge in [0, 0.05) is 12.5 Å². The topological polar surface area (TPSA) is 75.5 Å². The van der Waals surface area contributed by atoms with Crippen molar-refractivity contribution >= 4 is 11.1 Å². The molecule has 19 heavy (non-hydrogen) atoms. The number of aliphatic hydroxyl groups is 1. The molecule has 3 unspecified atom stereocenters. The molecule has 0 amide bonds. The summed E-state index contributed by atoms with van der Waals surface area (Å²) >= 11 is 0. The minimum atomic E-state index is -0.586. The van der Waals surface area contributed by atoms with Gasteiger partial charge in [0.2, 0.25) is 0 Å². The third-order valence-electron chi connectivity index (χ3n) is 3.86. The lowest BCUT2D eigenvalue weighted by atomic mass is 9.89. The van der Waals surface area contributed by atoms with Crippen LogP contribution in [0.1, 0.15) is 31.4 Å². The summed E-state index contributed by atoms with van der Waals surface area (Å²) in [6.45, 7) is 2.76. The average Bonchev–Trinajstić information content (AvgIpc) is 3.01. The molecule has 1 saturated heterocycles. The molecule has 1 fully saturated rings. The predicted octanol–water partition coefficient (Wildman–Crippen LogP) is 1.97. The summed E-state index contributed by atoms with van der Waals surface area (Å²) in [5.41, 5.74) is 1.90. The molecule has 102 valence electrons. The summed E-state index contributed by atoms with van der Waals surface area (Å²) in [4.78, 5) is 13.7. The molecule has 1 aromatic carbocycles. The zero-order valence-corrected chi connectivity index (χ0v) is 10.8. The molecule has 3 rings (SSSR count). The van der Waals surface area contributed by atoms with E-state index in [4.69, 9.17) is 9.15 Å². The van der Waals surface area contributed by atoms with Crippen molar-refractivity contribution in [3.05, 3.63) is 34.3 Å². The van der Waals surface area contributed by atoms with E-state index in [1.54, 1.807) is 12.1 Å². The van der Waals surface area contributed by atoms with Crippen LogP contribution in [0.4, 0.5) is 0 Å². The summed E-state index contributed by atoms with van der Waals surface area (Å²) < 4.78 is 10.6. The molecule has 5 nitrogen and oxygen atoms in total. The largest absolute Gasteiger partial charge is 0.417 e. The Morgan fingerprint density at radius 1 is 1.53 bits per heavy atom. The van der Waals surface area contributed by atoms with Crippen LogP contribution in [0.25, 0.3) is 11.1 Å². The SMILES string of the molecule is CCC1OCCC1C(O)c1ccc2[nH]c(=O)oc2c1. The van der Waals surface area contributed by atoms with E-state index in [0.29, 0.717) is 17.7 Å². The lowest BCUT2D eigenvalue weighted by Crippen LogP contribution is -2.21. The Labute approximate surface area is 110 Å². The van der Waals surface area contributed by atoms with Gasteiger partial charge in [0.1, 0.15) is 0 Å². The van der Waals surface area contributed by atoms with Crippen molar-refractivity contribution in [1.82, 2.24) is 4.98 Å². The fourth-order valence-electron chi connectivity index (χ4n) is 2.84. The van der Waals surface area contributed by atoms with Crippen LogP contribution < -0.4 is 5.76 Å². The Balaban J connectivity index is 1.92. The summed E-state index contributed by atoms with van der Waals surface area (Å²) in [6, 6.07) is 5.31. The fraction of sp³-hybridized carbons (Fsp3) is 0.500. The zero-order chi connectivity index (χ0) is 13.4. The maximum Gasteiger partial charge on any atom is 0.417 e. The van der Waals surface area contributed by atoms with Crippen LogP contribution >= 0.6 is 0 Å². The summed E-state index contributed by atoms with van der Waals surface area (Å²) in [6.07, 6.45) is 1.26. The van der Waals surface area contributed by atoms with E-state index in [0.717, 1.165) is 18.4 Å². The molecule has 0 radical (unpaired) electrons. The number of benzene rings is 1. The van der Waals surface area contributed by atoms with Crippen LogP contribution in [0.2, 0.25) is 0 Å². The first kappa shape index (κ1) is 12.4. The van der Waals surface area contributed by atoms with Gasteiger partial charge in [0.05, 0.1) is 17.7 Å². The quantitative estimate of drug-likeness (QED) is 0.887. The first-order chi connectivity index (χ1) is 9.19. The third-order valence-corrected chi connectivity index (χ3v) is 3.86. The first-order valence-electron chi connectivity index (χ1n) is 6.61. The van der Waals surface area contributed by atoms with Gasteiger partial charge in [0.15, 0.2) is 5.58 Å². The lowest BCUT2D eigenvalue weighted by molar-refractivity contribution is 0.0308. The Morgan fingerprint density at radius 2 is 2.37 bits per heavy atom. The van der Waals surface area contributed by atoms with Crippen LogP contribution in [0, 0.1) is 5.92 Å². The number of aliphatic hydroxyl groups excluding tert-OH is 1. The van der Waals surface area contributed by atoms with Crippen LogP contribution in [-0.4, -0.2) is 22.8 Å². The summed E-state index contributed by atoms with van der Waals surface area (Å²) in [7, 11) is 0. The number of rotatable bonds is 3. The fourth-order valence-corrected chi connectivity index (χ4v) is 2.84. The minimum absolute atomic E-state index is 0.101. The first-order valence-corrected chi connectivity index (χ1v) is 6.61. The highest BCUT2D eigenvalue weighted by atomic mass is 16.5. The second kappa shape index (κ2) is 4.83. The average molecular weight is 263 g/mol. The lowest BCUT2D eigenvalue weighted by Gasteiger charge is -2.22. The molecule has 2 heterocycles. The number of hydrogen-bond donors (Lipinski definition) is 2. The Bertz CT molecular complexity index is 630. The van der Waals surface area contributed by atoms with Crippen LogP contribution in [-0.2, 0) is 4.74 Å². The number of hydrogen-bond acceptors (Lipinski definition) is 4. The maximum absolute atomic E-state index is 11.1. The maximum atomic E-state index is 11.1. The van der Waals surface area contributed by atoms with E-state index < -0.39 is 11.9 Å². The van der Waals surface area contributed by atoms with Gasteiger partial charge in [-0.1, -0.05) is 13.0 Å². The molecule has 1 aromatic heterocycles. The number of H-pyrrole nitrogens is 1. The molecule has 2 N–H and O–H groups in total. The highest BCUT2D eigenvalue weighted by Gasteiger charge is 2.33. The van der Waals surface area contributed by atoms with Crippen molar-refractivity contribution in [1.29, 1.82) is 0 Å². The van der Waals surface area contributed by atoms with Crippen LogP contribution in [0.5, 0.6) is 0 Å². The molecular weight excluding hydrogens is 246 g/mol. The number of ether oxygens (including phenoxy) is 1. The number of aromatic nitrogens is 1. The van der Waals surface area contributed by atoms with Crippen molar-refractivity contribution in [2.45, 2.75) is 32.0 Å². The molecule has 0 saturated carbocycles. The van der Waals surface area contributed by atoms with Crippen LogP contribution in [0.15, 0.2) is 27.4 Å². The van der Waals surface area contributed by atoms with Crippen molar-refractivity contribution in [3.63, 3.8) is 0 Å². The molecule has 0 bridgehead atoms. The molecule has 1 aliphatic rings. The van der Waals surface area contributed by atoms with E-state index in [1.165, 1.54) is 0 Å². The molecule has 3 atom stereocenters. The molecular formula is C14H17NO4. The van der Waals surface area contributed by atoms with Gasteiger partial charge >= 0.3 is 5.76 Å². The zero-order valence-electron chi connectivity index (χ0n) is 10.8. The van der Waals surface area contributed by atoms with Gasteiger partial charge < -0.3 is 14.3 Å². The van der Waals surface area contributed by atoms with E-state index in [1.807, 2.05) is 6.07 Å². The summed E-state index contributed by atoms with van der Waals surface area (Å²) in [5.74, 6) is -0.370. The second-order valence-corrected chi connectivity index (χ2v) is 4.98. The number of aromatic amines is 1. The highest BCUT2D eigenvalue weighted by molar-refractivity contribution is 5.72. The predicted molar refractivity (Wildman–Crippen MR) is 69.9 cm³/mol. The van der Waals surface area contributed by atoms with Gasteiger partial charge in [-0.15, -0.1) is 0 Å². The molecule has 5 heteroatoms.